The van der Waals surface area contributed by atoms with E-state index in [2.05, 4.69) is 36.5 Å². The SMILES string of the molecule is CC.CN1CC(c2cc(Nc3nccc4cc(Br)cnc34)ccc2F)NC(=BOC#N)C(C)(C)S1=O. The Morgan fingerprint density at radius 1 is 1.33 bits per heavy atom. The normalized spacial score (nSPS) is 20.2. The van der Waals surface area contributed by atoms with Crippen LogP contribution in [-0.4, -0.2) is 49.5 Å². The fraction of sp³-hybridized carbons (Fsp3) is 0.333. The summed E-state index contributed by atoms with van der Waals surface area (Å²) >= 11 is 3.42. The Balaban J connectivity index is 0.00000176. The minimum absolute atomic E-state index is 0.266. The third-order valence-corrected chi connectivity index (χ3v) is 7.81. The fourth-order valence-corrected chi connectivity index (χ4v) is 5.51. The molecular weight excluding hydrogens is 546 g/mol. The first kappa shape index (κ1) is 27.7. The molecule has 8 nitrogen and oxygen atoms in total. The number of hydrogen-bond acceptors (Lipinski definition) is 7. The Kier molecular flexibility index (Phi) is 9.16. The first-order valence-corrected chi connectivity index (χ1v) is 13.2. The summed E-state index contributed by atoms with van der Waals surface area (Å²) in [6, 6.07) is 7.92. The van der Waals surface area contributed by atoms with Crippen molar-refractivity contribution in [3.8, 4) is 6.26 Å². The van der Waals surface area contributed by atoms with Crippen LogP contribution in [0.2, 0.25) is 0 Å². The molecule has 12 heteroatoms. The molecule has 0 radical (unpaired) electrons. The summed E-state index contributed by atoms with van der Waals surface area (Å²) in [5, 5.41) is 16.2. The number of anilines is 2. The van der Waals surface area contributed by atoms with Gasteiger partial charge in [0.15, 0.2) is 0 Å². The Morgan fingerprint density at radius 3 is 2.81 bits per heavy atom. The number of benzene rings is 1. The quantitative estimate of drug-likeness (QED) is 0.349. The van der Waals surface area contributed by atoms with Gasteiger partial charge in [-0.1, -0.05) is 13.8 Å². The van der Waals surface area contributed by atoms with E-state index in [0.717, 1.165) is 9.86 Å². The van der Waals surface area contributed by atoms with Crippen LogP contribution in [0.5, 0.6) is 0 Å². The van der Waals surface area contributed by atoms with Crippen LogP contribution in [0.1, 0.15) is 39.3 Å². The van der Waals surface area contributed by atoms with Crippen molar-refractivity contribution in [2.24, 2.45) is 0 Å². The van der Waals surface area contributed by atoms with Crippen molar-refractivity contribution in [3.05, 3.63) is 58.6 Å². The third-order valence-electron chi connectivity index (χ3n) is 5.57. The molecule has 2 aromatic heterocycles. The van der Waals surface area contributed by atoms with E-state index >= 15 is 4.39 Å². The number of nitrogens with one attached hydrogen (secondary N) is 2. The van der Waals surface area contributed by atoms with E-state index in [0.29, 0.717) is 28.2 Å². The second kappa shape index (κ2) is 11.9. The molecule has 0 amide bonds. The van der Waals surface area contributed by atoms with Crippen molar-refractivity contribution in [2.45, 2.75) is 38.5 Å². The van der Waals surface area contributed by atoms with E-state index in [4.69, 9.17) is 9.92 Å². The molecule has 0 aliphatic carbocycles. The molecule has 1 saturated heterocycles. The van der Waals surface area contributed by atoms with E-state index in [1.807, 2.05) is 26.0 Å². The number of likely N-dealkylation sites (N-methyl/N-ethyl adjacent to an activating group) is 1. The maximum atomic E-state index is 15.0. The molecule has 3 heterocycles. The number of halogens is 2. The van der Waals surface area contributed by atoms with Crippen LogP contribution in [0.3, 0.4) is 0 Å². The molecule has 2 atom stereocenters. The van der Waals surface area contributed by atoms with Crippen molar-refractivity contribution < 1.29 is 13.3 Å². The number of fused-ring (bicyclic) bond motifs is 1. The molecule has 2 unspecified atom stereocenters. The van der Waals surface area contributed by atoms with E-state index in [9.17, 15) is 4.21 Å². The van der Waals surface area contributed by atoms with Crippen LogP contribution in [0.15, 0.2) is 47.2 Å². The number of nitrogens with zero attached hydrogens (tertiary/aromatic N) is 4. The molecule has 0 spiro atoms. The van der Waals surface area contributed by atoms with Crippen LogP contribution in [0.4, 0.5) is 15.9 Å². The maximum absolute atomic E-state index is 15.0. The molecule has 1 aliphatic rings. The zero-order chi connectivity index (χ0) is 26.5. The first-order valence-electron chi connectivity index (χ1n) is 11.3. The molecule has 3 aromatic rings. The van der Waals surface area contributed by atoms with E-state index < -0.39 is 27.6 Å². The second-order valence-electron chi connectivity index (χ2n) is 8.25. The standard InChI is InChI=1S/C22H21BBrFN6O2S.C2H6/c1-22(2)21(23-33-12-26)30-18(11-31(3)34(22)32)16-9-15(4-5-17(16)25)29-20-19-13(6-7-27-20)8-14(24)10-28-19;1-2/h4-10,18,30H,11H2,1-3H3,(H,27,29);1-2H3. The van der Waals surface area contributed by atoms with E-state index in [1.54, 1.807) is 56.0 Å². The van der Waals surface area contributed by atoms with Gasteiger partial charge in [-0.25, -0.2) is 0 Å². The molecule has 1 fully saturated rings. The monoisotopic (exact) mass is 572 g/mol. The molecule has 0 saturated carbocycles. The van der Waals surface area contributed by atoms with Crippen molar-refractivity contribution in [1.82, 2.24) is 19.6 Å². The molecule has 36 heavy (non-hydrogen) atoms. The van der Waals surface area contributed by atoms with Gasteiger partial charge in [0.25, 0.3) is 0 Å². The fourth-order valence-electron chi connectivity index (χ4n) is 3.80. The van der Waals surface area contributed by atoms with Crippen LogP contribution in [0.25, 0.3) is 10.9 Å². The third kappa shape index (κ3) is 5.91. The summed E-state index contributed by atoms with van der Waals surface area (Å²) in [4.78, 5) is 8.84. The molecular formula is C24H27BBrFN6O2S. The predicted octanol–water partition coefficient (Wildman–Crippen LogP) is 4.57. The van der Waals surface area contributed by atoms with Crippen LogP contribution in [-0.2, 0) is 15.6 Å². The van der Waals surface area contributed by atoms with Gasteiger partial charge in [-0.2, -0.15) is 0 Å². The second-order valence-corrected chi connectivity index (χ2v) is 11.3. The van der Waals surface area contributed by atoms with Gasteiger partial charge in [0.1, 0.15) is 0 Å². The number of aromatic nitrogens is 2. The Hall–Kier alpha value is -2.88. The van der Waals surface area contributed by atoms with E-state index in [1.165, 1.54) is 13.2 Å². The van der Waals surface area contributed by atoms with Crippen molar-refractivity contribution >= 4 is 62.0 Å². The number of nitriles is 1. The minimum atomic E-state index is -1.45. The van der Waals surface area contributed by atoms with Crippen LogP contribution >= 0.6 is 15.9 Å². The summed E-state index contributed by atoms with van der Waals surface area (Å²) in [6.07, 6.45) is 4.96. The van der Waals surface area contributed by atoms with Crippen molar-refractivity contribution in [1.29, 1.82) is 5.26 Å². The van der Waals surface area contributed by atoms with Gasteiger partial charge in [0.2, 0.25) is 0 Å². The number of pyridine rings is 2. The number of hydrogen-bond donors (Lipinski definition) is 2. The summed E-state index contributed by atoms with van der Waals surface area (Å²) in [5.41, 5.74) is 2.10. The Bertz CT molecular complexity index is 1350. The summed E-state index contributed by atoms with van der Waals surface area (Å²) < 4.78 is 34.5. The van der Waals surface area contributed by atoms with Gasteiger partial charge in [0, 0.05) is 0 Å². The molecule has 4 rings (SSSR count). The van der Waals surface area contributed by atoms with Gasteiger partial charge in [0.05, 0.1) is 0 Å². The van der Waals surface area contributed by atoms with Crippen molar-refractivity contribution in [3.63, 3.8) is 0 Å². The van der Waals surface area contributed by atoms with Gasteiger partial charge >= 0.3 is 193 Å². The summed E-state index contributed by atoms with van der Waals surface area (Å²) in [5.74, 6) is 0.120. The zero-order valence-electron chi connectivity index (χ0n) is 20.7. The Labute approximate surface area is 221 Å². The van der Waals surface area contributed by atoms with Crippen LogP contribution < -0.4 is 10.6 Å². The average Bonchev–Trinajstić information content (AvgIpc) is 2.94. The molecule has 1 aromatic carbocycles. The number of rotatable bonds is 4. The van der Waals surface area contributed by atoms with Gasteiger partial charge < -0.3 is 0 Å². The topological polar surface area (TPSA) is 103 Å². The average molecular weight is 573 g/mol. The molecule has 0 bridgehead atoms. The van der Waals surface area contributed by atoms with Crippen LogP contribution in [0, 0.1) is 17.3 Å². The summed E-state index contributed by atoms with van der Waals surface area (Å²) in [7, 11) is 1.49. The summed E-state index contributed by atoms with van der Waals surface area (Å²) in [6.45, 7) is 7.81. The van der Waals surface area contributed by atoms with Crippen molar-refractivity contribution in [2.75, 3.05) is 18.9 Å². The molecule has 1 aliphatic heterocycles. The molecule has 2 N–H and O–H groups in total. The zero-order valence-corrected chi connectivity index (χ0v) is 23.1. The predicted molar refractivity (Wildman–Crippen MR) is 146 cm³/mol. The van der Waals surface area contributed by atoms with E-state index in [-0.39, 0.29) is 6.54 Å². The van der Waals surface area contributed by atoms with Gasteiger partial charge in [-0.15, -0.1) is 0 Å². The first-order chi connectivity index (χ1) is 17.2. The molecule has 188 valence electrons. The van der Waals surface area contributed by atoms with Gasteiger partial charge in [-0.05, 0) is 15.9 Å². The van der Waals surface area contributed by atoms with Gasteiger partial charge in [-0.3, -0.25) is 0 Å². The Morgan fingerprint density at radius 2 is 2.08 bits per heavy atom.